The Morgan fingerprint density at radius 2 is 2.25 bits per heavy atom. The van der Waals surface area contributed by atoms with E-state index < -0.39 is 0 Å². The predicted octanol–water partition coefficient (Wildman–Crippen LogP) is 1.62. The molecule has 1 aromatic rings. The lowest BCUT2D eigenvalue weighted by Gasteiger charge is -2.33. The largest absolute Gasteiger partial charge is 0.350 e. The normalized spacial score (nSPS) is 19.3. The Balaban J connectivity index is 2.10. The predicted molar refractivity (Wildman–Crippen MR) is 82.3 cm³/mol. The maximum atomic E-state index is 12.4. The van der Waals surface area contributed by atoms with Crippen LogP contribution in [-0.2, 0) is 6.54 Å². The van der Waals surface area contributed by atoms with Gasteiger partial charge in [-0.1, -0.05) is 13.8 Å². The number of hydrogen-bond donors (Lipinski definition) is 1. The van der Waals surface area contributed by atoms with Gasteiger partial charge < -0.3 is 14.8 Å². The minimum absolute atomic E-state index is 0.0468. The van der Waals surface area contributed by atoms with E-state index in [1.165, 1.54) is 6.42 Å². The topological polar surface area (TPSA) is 50.2 Å². The molecule has 5 heteroatoms. The van der Waals surface area contributed by atoms with Crippen molar-refractivity contribution in [1.29, 1.82) is 0 Å². The Hall–Kier alpha value is -1.36. The highest BCUT2D eigenvalue weighted by Gasteiger charge is 2.22. The van der Waals surface area contributed by atoms with E-state index in [1.807, 2.05) is 0 Å². The Morgan fingerprint density at radius 1 is 1.40 bits per heavy atom. The Morgan fingerprint density at radius 3 is 3.00 bits per heavy atom. The van der Waals surface area contributed by atoms with Crippen LogP contribution >= 0.6 is 0 Å². The third kappa shape index (κ3) is 3.60. The average molecular weight is 278 g/mol. The first-order valence-electron chi connectivity index (χ1n) is 7.80. The zero-order chi connectivity index (χ0) is 14.4. The van der Waals surface area contributed by atoms with Gasteiger partial charge in [-0.2, -0.15) is 0 Å². The minimum atomic E-state index is 0.0468. The van der Waals surface area contributed by atoms with Gasteiger partial charge in [-0.3, -0.25) is 4.79 Å². The highest BCUT2D eigenvalue weighted by molar-refractivity contribution is 5.36. The first kappa shape index (κ1) is 15.0. The summed E-state index contributed by atoms with van der Waals surface area (Å²) in [5.41, 5.74) is 0.0468. The third-order valence-corrected chi connectivity index (χ3v) is 3.76. The van der Waals surface area contributed by atoms with Gasteiger partial charge >= 0.3 is 0 Å². The van der Waals surface area contributed by atoms with Crippen LogP contribution in [0, 0.1) is 0 Å². The maximum Gasteiger partial charge on any atom is 0.293 e. The van der Waals surface area contributed by atoms with Crippen LogP contribution in [0.2, 0.25) is 0 Å². The van der Waals surface area contributed by atoms with E-state index in [0.29, 0.717) is 11.9 Å². The van der Waals surface area contributed by atoms with Crippen LogP contribution in [-0.4, -0.2) is 35.2 Å². The van der Waals surface area contributed by atoms with Gasteiger partial charge in [0, 0.05) is 38.1 Å². The zero-order valence-electron chi connectivity index (χ0n) is 12.6. The molecule has 2 rings (SSSR count). The SMILES string of the molecule is CCCNC1CCCN(c2nccn(CCC)c2=O)C1. The molecule has 0 radical (unpaired) electrons. The second-order valence-electron chi connectivity index (χ2n) is 5.49. The van der Waals surface area contributed by atoms with Crippen LogP contribution in [0.25, 0.3) is 0 Å². The lowest BCUT2D eigenvalue weighted by Crippen LogP contribution is -2.48. The number of nitrogens with zero attached hydrogens (tertiary/aromatic N) is 3. The zero-order valence-corrected chi connectivity index (χ0v) is 12.6. The lowest BCUT2D eigenvalue weighted by atomic mass is 10.1. The monoisotopic (exact) mass is 278 g/mol. The smallest absolute Gasteiger partial charge is 0.293 e. The fraction of sp³-hybridized carbons (Fsp3) is 0.733. The Kier molecular flexibility index (Phi) is 5.59. The van der Waals surface area contributed by atoms with E-state index >= 15 is 0 Å². The molecule has 0 saturated carbocycles. The molecule has 20 heavy (non-hydrogen) atoms. The van der Waals surface area contributed by atoms with Gasteiger partial charge in [-0.25, -0.2) is 4.98 Å². The first-order chi connectivity index (χ1) is 9.76. The molecule has 1 fully saturated rings. The van der Waals surface area contributed by atoms with Gasteiger partial charge in [0.1, 0.15) is 0 Å². The van der Waals surface area contributed by atoms with Crippen molar-refractivity contribution in [3.05, 3.63) is 22.7 Å². The second kappa shape index (κ2) is 7.43. The lowest BCUT2D eigenvalue weighted by molar-refractivity contribution is 0.420. The molecular weight excluding hydrogens is 252 g/mol. The fourth-order valence-corrected chi connectivity index (χ4v) is 2.75. The molecule has 1 aromatic heterocycles. The van der Waals surface area contributed by atoms with Crippen molar-refractivity contribution in [2.24, 2.45) is 0 Å². The third-order valence-electron chi connectivity index (χ3n) is 3.76. The minimum Gasteiger partial charge on any atom is -0.350 e. The molecule has 5 nitrogen and oxygen atoms in total. The van der Waals surface area contributed by atoms with E-state index in [4.69, 9.17) is 0 Å². The van der Waals surface area contributed by atoms with Gasteiger partial charge in [0.05, 0.1) is 0 Å². The van der Waals surface area contributed by atoms with Crippen LogP contribution in [0.5, 0.6) is 0 Å². The molecule has 0 aromatic carbocycles. The van der Waals surface area contributed by atoms with Crippen LogP contribution in [0.3, 0.4) is 0 Å². The van der Waals surface area contributed by atoms with E-state index in [-0.39, 0.29) is 5.56 Å². The van der Waals surface area contributed by atoms with Gasteiger partial charge in [-0.15, -0.1) is 0 Å². The van der Waals surface area contributed by atoms with E-state index in [2.05, 4.69) is 29.0 Å². The van der Waals surface area contributed by atoms with Crippen molar-refractivity contribution in [2.75, 3.05) is 24.5 Å². The van der Waals surface area contributed by atoms with E-state index in [0.717, 1.165) is 45.4 Å². The van der Waals surface area contributed by atoms with Crippen LogP contribution < -0.4 is 15.8 Å². The molecule has 0 spiro atoms. The van der Waals surface area contributed by atoms with Crippen molar-refractivity contribution in [3.8, 4) is 0 Å². The molecule has 1 unspecified atom stereocenters. The van der Waals surface area contributed by atoms with Gasteiger partial charge in [0.25, 0.3) is 5.56 Å². The Labute approximate surface area is 121 Å². The first-order valence-corrected chi connectivity index (χ1v) is 7.80. The molecule has 1 saturated heterocycles. The van der Waals surface area contributed by atoms with E-state index in [9.17, 15) is 4.79 Å². The van der Waals surface area contributed by atoms with Crippen molar-refractivity contribution in [3.63, 3.8) is 0 Å². The number of hydrogen-bond acceptors (Lipinski definition) is 4. The summed E-state index contributed by atoms with van der Waals surface area (Å²) in [4.78, 5) is 18.9. The van der Waals surface area contributed by atoms with Gasteiger partial charge in [0.15, 0.2) is 5.82 Å². The van der Waals surface area contributed by atoms with Crippen molar-refractivity contribution < 1.29 is 0 Å². The van der Waals surface area contributed by atoms with Crippen molar-refractivity contribution in [2.45, 2.75) is 52.1 Å². The maximum absolute atomic E-state index is 12.4. The highest BCUT2D eigenvalue weighted by atomic mass is 16.1. The van der Waals surface area contributed by atoms with Crippen LogP contribution in [0.1, 0.15) is 39.5 Å². The summed E-state index contributed by atoms with van der Waals surface area (Å²) in [7, 11) is 0. The summed E-state index contributed by atoms with van der Waals surface area (Å²) in [6.07, 6.45) is 7.94. The van der Waals surface area contributed by atoms with Gasteiger partial charge in [-0.05, 0) is 32.2 Å². The molecule has 0 aliphatic carbocycles. The molecule has 1 aliphatic heterocycles. The standard InChI is InChI=1S/C15H26N4O/c1-3-7-16-13-6-5-10-19(12-13)14-15(20)18(9-4-2)11-8-17-14/h8,11,13,16H,3-7,9-10,12H2,1-2H3. The fourth-order valence-electron chi connectivity index (χ4n) is 2.75. The van der Waals surface area contributed by atoms with Crippen molar-refractivity contribution >= 4 is 5.82 Å². The van der Waals surface area contributed by atoms with Crippen LogP contribution in [0.15, 0.2) is 17.2 Å². The molecule has 1 N–H and O–H groups in total. The summed E-state index contributed by atoms with van der Waals surface area (Å²) in [5, 5.41) is 3.55. The molecule has 0 bridgehead atoms. The summed E-state index contributed by atoms with van der Waals surface area (Å²) < 4.78 is 1.77. The molecule has 112 valence electrons. The Bertz CT molecular complexity index is 471. The number of piperidine rings is 1. The molecule has 1 atom stereocenters. The second-order valence-corrected chi connectivity index (χ2v) is 5.49. The summed E-state index contributed by atoms with van der Waals surface area (Å²) in [6, 6.07) is 0.477. The van der Waals surface area contributed by atoms with Crippen LogP contribution in [0.4, 0.5) is 5.82 Å². The quantitative estimate of drug-likeness (QED) is 0.859. The molecule has 1 aliphatic rings. The molecule has 2 heterocycles. The summed E-state index contributed by atoms with van der Waals surface area (Å²) in [5.74, 6) is 0.615. The summed E-state index contributed by atoms with van der Waals surface area (Å²) in [6.45, 7) is 7.88. The average Bonchev–Trinajstić information content (AvgIpc) is 2.48. The number of nitrogens with one attached hydrogen (secondary N) is 1. The summed E-state index contributed by atoms with van der Waals surface area (Å²) >= 11 is 0. The van der Waals surface area contributed by atoms with E-state index in [1.54, 1.807) is 17.0 Å². The van der Waals surface area contributed by atoms with Gasteiger partial charge in [0.2, 0.25) is 0 Å². The van der Waals surface area contributed by atoms with Crippen molar-refractivity contribution in [1.82, 2.24) is 14.9 Å². The number of anilines is 1. The highest BCUT2D eigenvalue weighted by Crippen LogP contribution is 2.14. The number of aromatic nitrogens is 2. The molecular formula is C15H26N4O. The number of rotatable bonds is 6. The molecule has 0 amide bonds. The number of aryl methyl sites for hydroxylation is 1.